The van der Waals surface area contributed by atoms with Crippen LogP contribution in [-0.2, 0) is 0 Å². The molecule has 0 bridgehead atoms. The summed E-state index contributed by atoms with van der Waals surface area (Å²) in [6.45, 7) is 9.46. The number of unbranched alkanes of at least 4 members (excludes halogenated alkanes) is 19. The molecule has 0 fully saturated rings. The van der Waals surface area contributed by atoms with E-state index in [4.69, 9.17) is 0 Å². The maximum atomic E-state index is 2.66. The Bertz CT molecular complexity index is 419. The predicted molar refractivity (Wildman–Crippen MR) is 150 cm³/mol. The van der Waals surface area contributed by atoms with Crippen molar-refractivity contribution in [1.82, 2.24) is 9.80 Å². The first-order valence-electron chi connectivity index (χ1n) is 15.5. The molecule has 1 aliphatic rings. The summed E-state index contributed by atoms with van der Waals surface area (Å²) < 4.78 is 0. The average molecular weight is 463 g/mol. The molecule has 0 aromatic heterocycles. The monoisotopic (exact) mass is 462 g/mol. The largest absolute Gasteiger partial charge is 0.356 e. The highest BCUT2D eigenvalue weighted by atomic mass is 15.4. The van der Waals surface area contributed by atoms with Crippen molar-refractivity contribution in [3.8, 4) is 0 Å². The molecule has 1 aliphatic heterocycles. The van der Waals surface area contributed by atoms with E-state index in [-0.39, 0.29) is 0 Å². The normalized spacial score (nSPS) is 15.8. The summed E-state index contributed by atoms with van der Waals surface area (Å²) in [5, 5.41) is 0. The minimum Gasteiger partial charge on any atom is -0.356 e. The quantitative estimate of drug-likeness (QED) is 0.124. The molecule has 0 saturated heterocycles. The van der Waals surface area contributed by atoms with Gasteiger partial charge >= 0.3 is 0 Å². The van der Waals surface area contributed by atoms with Crippen LogP contribution in [-0.4, -0.2) is 29.1 Å². The maximum Gasteiger partial charge on any atom is 0.101 e. The number of rotatable bonds is 25. The van der Waals surface area contributed by atoms with Gasteiger partial charge in [-0.2, -0.15) is 0 Å². The molecule has 0 radical (unpaired) electrons. The fraction of sp³-hybridized carbons (Fsp3) is 0.935. The summed E-state index contributed by atoms with van der Waals surface area (Å²) in [5.74, 6) is 0. The van der Waals surface area contributed by atoms with Gasteiger partial charge in [0.25, 0.3) is 0 Å². The van der Waals surface area contributed by atoms with Gasteiger partial charge in [-0.05, 0) is 25.7 Å². The van der Waals surface area contributed by atoms with Crippen LogP contribution in [0.2, 0.25) is 0 Å². The van der Waals surface area contributed by atoms with E-state index < -0.39 is 0 Å². The van der Waals surface area contributed by atoms with E-state index in [2.05, 4.69) is 43.0 Å². The molecule has 0 aromatic carbocycles. The first-order chi connectivity index (χ1) is 16.3. The van der Waals surface area contributed by atoms with Crippen molar-refractivity contribution in [2.75, 3.05) is 13.1 Å². The van der Waals surface area contributed by atoms with Crippen molar-refractivity contribution in [3.63, 3.8) is 0 Å². The van der Waals surface area contributed by atoms with Crippen LogP contribution in [0.15, 0.2) is 12.4 Å². The molecule has 2 nitrogen and oxygen atoms in total. The molecule has 1 atom stereocenters. The van der Waals surface area contributed by atoms with E-state index in [0.717, 1.165) is 0 Å². The fourth-order valence-corrected chi connectivity index (χ4v) is 5.29. The molecule has 0 aromatic rings. The Hall–Kier alpha value is -0.660. The predicted octanol–water partition coefficient (Wildman–Crippen LogP) is 10.4. The molecule has 0 N–H and O–H groups in total. The van der Waals surface area contributed by atoms with E-state index in [1.54, 1.807) is 0 Å². The Morgan fingerprint density at radius 2 is 0.697 bits per heavy atom. The van der Waals surface area contributed by atoms with Gasteiger partial charge in [-0.25, -0.2) is 0 Å². The molecule has 1 heterocycles. The van der Waals surface area contributed by atoms with Crippen molar-refractivity contribution >= 4 is 0 Å². The summed E-state index contributed by atoms with van der Waals surface area (Å²) in [5.41, 5.74) is 0. The molecule has 0 aliphatic carbocycles. The van der Waals surface area contributed by atoms with Gasteiger partial charge in [0.05, 0.1) is 0 Å². The van der Waals surface area contributed by atoms with Crippen LogP contribution in [0.5, 0.6) is 0 Å². The minimum absolute atomic E-state index is 0.641. The van der Waals surface area contributed by atoms with Gasteiger partial charge in [-0.3, -0.25) is 0 Å². The Morgan fingerprint density at radius 1 is 0.394 bits per heavy atom. The fourth-order valence-electron chi connectivity index (χ4n) is 5.29. The van der Waals surface area contributed by atoms with Crippen molar-refractivity contribution < 1.29 is 0 Å². The topological polar surface area (TPSA) is 6.48 Å². The third-order valence-corrected chi connectivity index (χ3v) is 7.57. The third kappa shape index (κ3) is 16.6. The van der Waals surface area contributed by atoms with Gasteiger partial charge in [-0.15, -0.1) is 0 Å². The zero-order chi connectivity index (χ0) is 23.8. The highest BCUT2D eigenvalue weighted by molar-refractivity contribution is 4.96. The van der Waals surface area contributed by atoms with Crippen LogP contribution in [0.4, 0.5) is 0 Å². The van der Waals surface area contributed by atoms with E-state index in [1.165, 1.54) is 161 Å². The smallest absolute Gasteiger partial charge is 0.101 e. The van der Waals surface area contributed by atoms with Crippen LogP contribution in [0.25, 0.3) is 0 Å². The molecule has 196 valence electrons. The van der Waals surface area contributed by atoms with E-state index in [0.29, 0.717) is 6.17 Å². The number of hydrogen-bond donors (Lipinski definition) is 0. The summed E-state index contributed by atoms with van der Waals surface area (Å²) >= 11 is 0. The zero-order valence-electron chi connectivity index (χ0n) is 23.3. The second-order valence-corrected chi connectivity index (χ2v) is 10.8. The molecule has 33 heavy (non-hydrogen) atoms. The highest BCUT2D eigenvalue weighted by Gasteiger charge is 2.24. The lowest BCUT2D eigenvalue weighted by molar-refractivity contribution is 0.136. The van der Waals surface area contributed by atoms with Crippen molar-refractivity contribution in [2.24, 2.45) is 0 Å². The van der Waals surface area contributed by atoms with Gasteiger partial charge < -0.3 is 9.80 Å². The van der Waals surface area contributed by atoms with Gasteiger partial charge in [0, 0.05) is 25.5 Å². The summed E-state index contributed by atoms with van der Waals surface area (Å²) in [7, 11) is 0. The molecule has 0 spiro atoms. The first-order valence-corrected chi connectivity index (χ1v) is 15.5. The summed E-state index contributed by atoms with van der Waals surface area (Å²) in [6.07, 6.45) is 38.1. The summed E-state index contributed by atoms with van der Waals surface area (Å²) in [4.78, 5) is 5.32. The van der Waals surface area contributed by atoms with Crippen LogP contribution in [0.1, 0.15) is 168 Å². The first kappa shape index (κ1) is 30.4. The van der Waals surface area contributed by atoms with E-state index >= 15 is 0 Å². The van der Waals surface area contributed by atoms with Gasteiger partial charge in [0.1, 0.15) is 6.17 Å². The van der Waals surface area contributed by atoms with Crippen LogP contribution in [0.3, 0.4) is 0 Å². The Balaban J connectivity index is 2.06. The zero-order valence-corrected chi connectivity index (χ0v) is 23.3. The van der Waals surface area contributed by atoms with Crippen molar-refractivity contribution in [1.29, 1.82) is 0 Å². The summed E-state index contributed by atoms with van der Waals surface area (Å²) in [6, 6.07) is 0. The standard InChI is InChI=1S/C31H62N2/c1-4-7-10-12-14-15-16-17-18-19-21-23-25-28-33-30-29-32(31(33)26-9-6-3)27-24-22-20-13-11-8-5-2/h29-31H,4-28H2,1-3H3. The third-order valence-electron chi connectivity index (χ3n) is 7.57. The molecule has 2 heteroatoms. The minimum atomic E-state index is 0.641. The maximum absolute atomic E-state index is 2.66. The van der Waals surface area contributed by atoms with Gasteiger partial charge in [-0.1, -0.05) is 143 Å². The molecule has 0 saturated carbocycles. The van der Waals surface area contributed by atoms with Crippen LogP contribution >= 0.6 is 0 Å². The van der Waals surface area contributed by atoms with Crippen molar-refractivity contribution in [2.45, 2.75) is 175 Å². The Kier molecular flexibility index (Phi) is 21.3. The van der Waals surface area contributed by atoms with E-state index in [1.807, 2.05) is 0 Å². The van der Waals surface area contributed by atoms with Gasteiger partial charge in [0.15, 0.2) is 0 Å². The Morgan fingerprint density at radius 3 is 1.03 bits per heavy atom. The average Bonchev–Trinajstić information content (AvgIpc) is 3.21. The number of nitrogens with zero attached hydrogens (tertiary/aromatic N) is 2. The second-order valence-electron chi connectivity index (χ2n) is 10.8. The molecular formula is C31H62N2. The van der Waals surface area contributed by atoms with Crippen molar-refractivity contribution in [3.05, 3.63) is 12.4 Å². The SMILES string of the molecule is CCCCCCCCCCCCCCCN1C=CN(CCCCCCCCC)C1CCCC. The molecule has 1 unspecified atom stereocenters. The second kappa shape index (κ2) is 23.1. The molecule has 0 amide bonds. The van der Waals surface area contributed by atoms with E-state index in [9.17, 15) is 0 Å². The lowest BCUT2D eigenvalue weighted by Crippen LogP contribution is -2.39. The van der Waals surface area contributed by atoms with Gasteiger partial charge in [0.2, 0.25) is 0 Å². The molecule has 1 rings (SSSR count). The van der Waals surface area contributed by atoms with Crippen LogP contribution in [0, 0.1) is 0 Å². The highest BCUT2D eigenvalue weighted by Crippen LogP contribution is 2.23. The van der Waals surface area contributed by atoms with Crippen LogP contribution < -0.4 is 0 Å². The lowest BCUT2D eigenvalue weighted by Gasteiger charge is -2.33. The lowest BCUT2D eigenvalue weighted by atomic mass is 10.0. The number of hydrogen-bond acceptors (Lipinski definition) is 2. The Labute approximate surface area is 210 Å². The molecular weight excluding hydrogens is 400 g/mol.